The summed E-state index contributed by atoms with van der Waals surface area (Å²) in [6.07, 6.45) is 91.4. The van der Waals surface area contributed by atoms with Crippen LogP contribution in [0, 0.1) is 0 Å². The normalized spacial score (nSPS) is 12.7. The molecule has 0 aromatic heterocycles. The molecule has 0 fully saturated rings. The largest absolute Gasteiger partial charge is 0.0904 e. The van der Waals surface area contributed by atoms with E-state index in [1.54, 1.807) is 0 Å². The summed E-state index contributed by atoms with van der Waals surface area (Å²) < 4.78 is 0. The van der Waals surface area contributed by atoms with Gasteiger partial charge in [-0.15, -0.1) is 0 Å². The lowest BCUT2D eigenvalue weighted by atomic mass is 10.0. The van der Waals surface area contributed by atoms with E-state index in [-0.39, 0.29) is 0 Å². The molecule has 0 bridgehead atoms. The number of hydrogen-bond donors (Lipinski definition) is 0. The highest BCUT2D eigenvalue weighted by molar-refractivity contribution is 8.77. The molecule has 2 atom stereocenters. The molecule has 0 rings (SSSR count). The Morgan fingerprint density at radius 2 is 0.243 bits per heavy atom. The molecular formula is C68H138S2. The smallest absolute Gasteiger partial charge is 0.0151 e. The Bertz CT molecular complexity index is 801. The van der Waals surface area contributed by atoms with Gasteiger partial charge in [0.25, 0.3) is 0 Å². The molecule has 0 aliphatic rings. The van der Waals surface area contributed by atoms with Crippen molar-refractivity contribution in [2.24, 2.45) is 0 Å². The Morgan fingerprint density at radius 3 is 0.357 bits per heavy atom. The lowest BCUT2D eigenvalue weighted by molar-refractivity contribution is 0.515. The van der Waals surface area contributed by atoms with E-state index in [0.29, 0.717) is 0 Å². The van der Waals surface area contributed by atoms with Crippen molar-refractivity contribution in [2.45, 2.75) is 436 Å². The first-order valence-corrected chi connectivity index (χ1v) is 36.4. The lowest BCUT2D eigenvalue weighted by Gasteiger charge is -2.21. The van der Waals surface area contributed by atoms with E-state index in [9.17, 15) is 0 Å². The van der Waals surface area contributed by atoms with Crippen LogP contribution in [0.1, 0.15) is 426 Å². The van der Waals surface area contributed by atoms with Crippen molar-refractivity contribution in [2.75, 3.05) is 0 Å². The minimum absolute atomic E-state index is 0.893. The molecule has 0 radical (unpaired) electrons. The second-order valence-electron chi connectivity index (χ2n) is 23.7. The molecule has 0 aromatic rings. The Hall–Kier alpha value is 0.700. The predicted octanol–water partition coefficient (Wildman–Crippen LogP) is 27.4. The third-order valence-electron chi connectivity index (χ3n) is 16.3. The fourth-order valence-electron chi connectivity index (χ4n) is 11.3. The van der Waals surface area contributed by atoms with Gasteiger partial charge in [0, 0.05) is 10.5 Å². The maximum Gasteiger partial charge on any atom is 0.0151 e. The molecule has 0 N–H and O–H groups in total. The van der Waals surface area contributed by atoms with Crippen molar-refractivity contribution in [3.05, 3.63) is 0 Å². The van der Waals surface area contributed by atoms with Gasteiger partial charge in [-0.3, -0.25) is 0 Å². The van der Waals surface area contributed by atoms with Gasteiger partial charge in [-0.25, -0.2) is 0 Å². The van der Waals surface area contributed by atoms with Crippen molar-refractivity contribution in [1.82, 2.24) is 0 Å². The zero-order valence-electron chi connectivity index (χ0n) is 49.8. The topological polar surface area (TPSA) is 0 Å². The van der Waals surface area contributed by atoms with Gasteiger partial charge < -0.3 is 0 Å². The molecule has 0 spiro atoms. The summed E-state index contributed by atoms with van der Waals surface area (Å²) in [7, 11) is 4.78. The van der Waals surface area contributed by atoms with E-state index in [0.717, 1.165) is 10.5 Å². The molecule has 2 heteroatoms. The molecule has 0 saturated heterocycles. The number of unbranched alkanes of at least 4 members (excludes halogenated alkanes) is 54. The SMILES string of the molecule is CCCCCCCCCCCCCCCCCC(CCCCCCCCCCCCCCCC)SSC(CCCCCCCCCCCCCCCC)CCCCCCCCCCCCCCCCC. The van der Waals surface area contributed by atoms with Crippen LogP contribution in [0.3, 0.4) is 0 Å². The monoisotopic (exact) mass is 1020 g/mol. The van der Waals surface area contributed by atoms with Gasteiger partial charge in [-0.2, -0.15) is 0 Å². The van der Waals surface area contributed by atoms with Crippen LogP contribution in [-0.4, -0.2) is 10.5 Å². The van der Waals surface area contributed by atoms with Crippen LogP contribution in [0.5, 0.6) is 0 Å². The first-order chi connectivity index (χ1) is 34.8. The first kappa shape index (κ1) is 70.7. The maximum atomic E-state index is 2.39. The van der Waals surface area contributed by atoms with Crippen molar-refractivity contribution < 1.29 is 0 Å². The van der Waals surface area contributed by atoms with Gasteiger partial charge in [0.1, 0.15) is 0 Å². The highest BCUT2D eigenvalue weighted by Crippen LogP contribution is 2.40. The second-order valence-corrected chi connectivity index (χ2v) is 26.6. The van der Waals surface area contributed by atoms with Crippen molar-refractivity contribution in [1.29, 1.82) is 0 Å². The highest BCUT2D eigenvalue weighted by atomic mass is 33.1. The maximum absolute atomic E-state index is 2.39. The predicted molar refractivity (Wildman–Crippen MR) is 332 cm³/mol. The van der Waals surface area contributed by atoms with Crippen LogP contribution in [-0.2, 0) is 0 Å². The number of rotatable bonds is 65. The molecule has 0 heterocycles. The van der Waals surface area contributed by atoms with Gasteiger partial charge >= 0.3 is 0 Å². The van der Waals surface area contributed by atoms with Crippen LogP contribution < -0.4 is 0 Å². The third-order valence-corrected chi connectivity index (χ3v) is 19.9. The van der Waals surface area contributed by atoms with E-state index in [1.807, 2.05) is 0 Å². The fraction of sp³-hybridized carbons (Fsp3) is 1.00. The van der Waals surface area contributed by atoms with Gasteiger partial charge in [0.2, 0.25) is 0 Å². The Kier molecular flexibility index (Phi) is 66.5. The van der Waals surface area contributed by atoms with Crippen LogP contribution in [0.15, 0.2) is 0 Å². The fourth-order valence-corrected chi connectivity index (χ4v) is 14.7. The van der Waals surface area contributed by atoms with Crippen molar-refractivity contribution in [3.8, 4) is 0 Å². The second kappa shape index (κ2) is 65.8. The van der Waals surface area contributed by atoms with Crippen LogP contribution in [0.25, 0.3) is 0 Å². The van der Waals surface area contributed by atoms with Crippen molar-refractivity contribution >= 4 is 21.6 Å². The number of hydrogen-bond acceptors (Lipinski definition) is 2. The molecule has 0 aliphatic heterocycles. The summed E-state index contributed by atoms with van der Waals surface area (Å²) in [5.74, 6) is 0. The molecule has 0 aliphatic carbocycles. The van der Waals surface area contributed by atoms with Crippen LogP contribution >= 0.6 is 21.6 Å². The lowest BCUT2D eigenvalue weighted by Crippen LogP contribution is -2.06. The molecule has 0 aromatic carbocycles. The minimum Gasteiger partial charge on any atom is -0.0904 e. The van der Waals surface area contributed by atoms with Gasteiger partial charge in [-0.05, 0) is 25.7 Å². The van der Waals surface area contributed by atoms with E-state index in [1.165, 1.54) is 398 Å². The Labute approximate surface area is 455 Å². The summed E-state index contributed by atoms with van der Waals surface area (Å²) in [4.78, 5) is 0. The quantitative estimate of drug-likeness (QED) is 0.0440. The van der Waals surface area contributed by atoms with Crippen LogP contribution in [0.2, 0.25) is 0 Å². The van der Waals surface area contributed by atoms with E-state index in [4.69, 9.17) is 0 Å². The zero-order valence-corrected chi connectivity index (χ0v) is 51.4. The summed E-state index contributed by atoms with van der Waals surface area (Å²) in [6, 6.07) is 0. The van der Waals surface area contributed by atoms with E-state index < -0.39 is 0 Å². The van der Waals surface area contributed by atoms with Gasteiger partial charge in [0.15, 0.2) is 0 Å². The molecule has 0 saturated carbocycles. The summed E-state index contributed by atoms with van der Waals surface area (Å²) in [6.45, 7) is 9.32. The minimum atomic E-state index is 0.893. The zero-order chi connectivity index (χ0) is 50.4. The van der Waals surface area contributed by atoms with E-state index in [2.05, 4.69) is 49.3 Å². The third kappa shape index (κ3) is 61.2. The van der Waals surface area contributed by atoms with E-state index >= 15 is 0 Å². The van der Waals surface area contributed by atoms with Gasteiger partial charge in [-0.1, -0.05) is 422 Å². The van der Waals surface area contributed by atoms with Crippen molar-refractivity contribution in [3.63, 3.8) is 0 Å². The molecule has 422 valence electrons. The standard InChI is InChI=1S/C68H138S2/c1-5-9-13-17-21-25-29-33-37-41-45-49-53-57-61-65-67(63-59-55-51-47-43-39-35-31-27-23-19-15-11-7-3)69-70-68(64-60-56-52-48-44-40-36-32-28-24-20-16-12-8-4)66-62-58-54-50-46-42-38-34-30-26-22-18-14-10-6-2/h67-68H,5-66H2,1-4H3. The summed E-state index contributed by atoms with van der Waals surface area (Å²) in [5, 5.41) is 1.79. The summed E-state index contributed by atoms with van der Waals surface area (Å²) >= 11 is 0. The molecule has 2 unspecified atom stereocenters. The molecule has 0 nitrogen and oxygen atoms in total. The molecular weight excluding hydrogens is 881 g/mol. The summed E-state index contributed by atoms with van der Waals surface area (Å²) in [5.41, 5.74) is 0. The molecule has 0 amide bonds. The van der Waals surface area contributed by atoms with Crippen LogP contribution in [0.4, 0.5) is 0 Å². The van der Waals surface area contributed by atoms with Gasteiger partial charge in [0.05, 0.1) is 0 Å². The molecule has 70 heavy (non-hydrogen) atoms. The Balaban J connectivity index is 4.80. The Morgan fingerprint density at radius 1 is 0.143 bits per heavy atom. The average molecular weight is 1020 g/mol. The average Bonchev–Trinajstić information content (AvgIpc) is 3.37. The first-order valence-electron chi connectivity index (χ1n) is 34.1. The highest BCUT2D eigenvalue weighted by Gasteiger charge is 2.16.